The van der Waals surface area contributed by atoms with Gasteiger partial charge in [0.2, 0.25) is 0 Å². The van der Waals surface area contributed by atoms with Crippen molar-refractivity contribution in [2.75, 3.05) is 26.2 Å². The van der Waals surface area contributed by atoms with Crippen LogP contribution in [0.5, 0.6) is 5.75 Å². The second kappa shape index (κ2) is 10.2. The van der Waals surface area contributed by atoms with Crippen LogP contribution in [0.3, 0.4) is 0 Å². The molecule has 0 spiro atoms. The molecule has 0 radical (unpaired) electrons. The van der Waals surface area contributed by atoms with Gasteiger partial charge in [0.25, 0.3) is 0 Å². The third-order valence-corrected chi connectivity index (χ3v) is 6.76. The summed E-state index contributed by atoms with van der Waals surface area (Å²) in [6, 6.07) is 16.2. The number of rotatable bonds is 9. The normalized spacial score (nSPS) is 16.3. The van der Waals surface area contributed by atoms with Crippen molar-refractivity contribution in [1.82, 2.24) is 9.47 Å². The van der Waals surface area contributed by atoms with Crippen molar-refractivity contribution in [1.29, 1.82) is 0 Å². The Hall–Kier alpha value is -2.79. The molecule has 1 aliphatic heterocycles. The molecule has 0 saturated carbocycles. The molecule has 0 bridgehead atoms. The van der Waals surface area contributed by atoms with E-state index >= 15 is 0 Å². The summed E-state index contributed by atoms with van der Waals surface area (Å²) in [5.41, 5.74) is 3.08. The molecule has 2 heterocycles. The average Bonchev–Trinajstić information content (AvgIpc) is 3.20. The molecule has 1 aliphatic rings. The van der Waals surface area contributed by atoms with Crippen molar-refractivity contribution < 1.29 is 14.6 Å². The maximum absolute atomic E-state index is 11.3. The molecule has 170 valence electrons. The van der Waals surface area contributed by atoms with Gasteiger partial charge in [-0.25, -0.2) is 4.79 Å². The number of benzene rings is 2. The molecule has 2 aromatic carbocycles. The summed E-state index contributed by atoms with van der Waals surface area (Å²) in [5.74, 6) is 0.0811. The first-order valence-electron chi connectivity index (χ1n) is 11.9. The van der Waals surface area contributed by atoms with E-state index in [-0.39, 0.29) is 5.56 Å². The molecular weight excluding hydrogens is 400 g/mol. The first-order chi connectivity index (χ1) is 15.6. The Bertz CT molecular complexity index is 1050. The lowest BCUT2D eigenvalue weighted by molar-refractivity contribution is 0.0691. The SMILES string of the molecule is CCCC(C)n1cc(C2CCN(CCOc3ccccc3C(=O)O)CC2)c2ccccc21. The third-order valence-electron chi connectivity index (χ3n) is 6.76. The van der Waals surface area contributed by atoms with Gasteiger partial charge >= 0.3 is 5.97 Å². The minimum absolute atomic E-state index is 0.222. The fourth-order valence-corrected chi connectivity index (χ4v) is 5.00. The van der Waals surface area contributed by atoms with Gasteiger partial charge in [-0.15, -0.1) is 0 Å². The predicted octanol–water partition coefficient (Wildman–Crippen LogP) is 5.96. The minimum Gasteiger partial charge on any atom is -0.491 e. The number of piperidine rings is 1. The van der Waals surface area contributed by atoms with Crippen molar-refractivity contribution in [2.45, 2.75) is 51.5 Å². The van der Waals surface area contributed by atoms with Crippen LogP contribution in [0.25, 0.3) is 10.9 Å². The van der Waals surface area contributed by atoms with Crippen LogP contribution in [0.1, 0.15) is 67.4 Å². The van der Waals surface area contributed by atoms with E-state index in [0.29, 0.717) is 24.3 Å². The van der Waals surface area contributed by atoms with E-state index in [1.54, 1.807) is 18.2 Å². The maximum Gasteiger partial charge on any atom is 0.339 e. The molecule has 5 nitrogen and oxygen atoms in total. The molecule has 1 saturated heterocycles. The fraction of sp³-hybridized carbons (Fsp3) is 0.444. The van der Waals surface area contributed by atoms with Crippen LogP contribution < -0.4 is 4.74 Å². The zero-order chi connectivity index (χ0) is 22.5. The summed E-state index contributed by atoms with van der Waals surface area (Å²) < 4.78 is 8.28. The number of aromatic nitrogens is 1. The Labute approximate surface area is 190 Å². The van der Waals surface area contributed by atoms with Crippen molar-refractivity contribution in [2.24, 2.45) is 0 Å². The Morgan fingerprint density at radius 1 is 1.12 bits per heavy atom. The number of hydrogen-bond acceptors (Lipinski definition) is 3. The molecule has 4 rings (SSSR count). The van der Waals surface area contributed by atoms with Crippen LogP contribution in [0.4, 0.5) is 0 Å². The van der Waals surface area contributed by atoms with Gasteiger partial charge in [-0.3, -0.25) is 4.90 Å². The van der Waals surface area contributed by atoms with Crippen LogP contribution in [0, 0.1) is 0 Å². The van der Waals surface area contributed by atoms with E-state index in [1.807, 2.05) is 6.07 Å². The standard InChI is InChI=1S/C27H34N2O3/c1-3-8-20(2)29-19-24(22-9-4-6-11-25(22)29)21-13-15-28(16-14-21)17-18-32-26-12-7-5-10-23(26)27(30)31/h4-7,9-12,19-21H,3,8,13-18H2,1-2H3,(H,30,31). The van der Waals surface area contributed by atoms with Crippen LogP contribution >= 0.6 is 0 Å². The van der Waals surface area contributed by atoms with Crippen molar-refractivity contribution in [3.63, 3.8) is 0 Å². The summed E-state index contributed by atoms with van der Waals surface area (Å²) in [7, 11) is 0. The number of likely N-dealkylation sites (tertiary alicyclic amines) is 1. The van der Waals surface area contributed by atoms with E-state index in [4.69, 9.17) is 4.74 Å². The predicted molar refractivity (Wildman–Crippen MR) is 129 cm³/mol. The van der Waals surface area contributed by atoms with Crippen molar-refractivity contribution in [3.8, 4) is 5.75 Å². The average molecular weight is 435 g/mol. The first-order valence-corrected chi connectivity index (χ1v) is 11.9. The number of carboxylic acids is 1. The molecule has 1 fully saturated rings. The smallest absolute Gasteiger partial charge is 0.339 e. The fourth-order valence-electron chi connectivity index (χ4n) is 5.00. The molecule has 1 unspecified atom stereocenters. The molecule has 1 aromatic heterocycles. The van der Waals surface area contributed by atoms with Crippen molar-refractivity contribution in [3.05, 3.63) is 65.9 Å². The zero-order valence-electron chi connectivity index (χ0n) is 19.2. The van der Waals surface area contributed by atoms with Crippen LogP contribution in [0.15, 0.2) is 54.7 Å². The molecule has 1 N–H and O–H groups in total. The summed E-state index contributed by atoms with van der Waals surface area (Å²) >= 11 is 0. The highest BCUT2D eigenvalue weighted by molar-refractivity contribution is 5.90. The van der Waals surface area contributed by atoms with Gasteiger partial charge in [0.15, 0.2) is 0 Å². The van der Waals surface area contributed by atoms with Gasteiger partial charge in [0, 0.05) is 29.7 Å². The Morgan fingerprint density at radius 3 is 2.59 bits per heavy atom. The number of nitrogens with zero attached hydrogens (tertiary/aromatic N) is 2. The topological polar surface area (TPSA) is 54.7 Å². The number of para-hydroxylation sites is 2. The number of carbonyl (C=O) groups is 1. The molecule has 0 amide bonds. The van der Waals surface area contributed by atoms with E-state index in [1.165, 1.54) is 29.3 Å². The number of hydrogen-bond donors (Lipinski definition) is 1. The molecule has 32 heavy (non-hydrogen) atoms. The van der Waals surface area contributed by atoms with Crippen LogP contribution in [-0.2, 0) is 0 Å². The number of aromatic carboxylic acids is 1. The minimum atomic E-state index is -0.950. The van der Waals surface area contributed by atoms with Gasteiger partial charge in [-0.05, 0) is 69.0 Å². The Balaban J connectivity index is 1.36. The second-order valence-corrected chi connectivity index (χ2v) is 8.91. The van der Waals surface area contributed by atoms with E-state index in [9.17, 15) is 9.90 Å². The highest BCUT2D eigenvalue weighted by Crippen LogP contribution is 2.36. The zero-order valence-corrected chi connectivity index (χ0v) is 19.2. The monoisotopic (exact) mass is 434 g/mol. The summed E-state index contributed by atoms with van der Waals surface area (Å²) in [5, 5.41) is 10.7. The second-order valence-electron chi connectivity index (χ2n) is 8.91. The lowest BCUT2D eigenvalue weighted by Gasteiger charge is -2.31. The van der Waals surface area contributed by atoms with Gasteiger partial charge in [0.1, 0.15) is 17.9 Å². The quantitative estimate of drug-likeness (QED) is 0.451. The van der Waals surface area contributed by atoms with Gasteiger partial charge in [-0.1, -0.05) is 43.7 Å². The summed E-state index contributed by atoms with van der Waals surface area (Å²) in [6.45, 7) is 7.98. The van der Waals surface area contributed by atoms with Crippen LogP contribution in [-0.4, -0.2) is 46.8 Å². The van der Waals surface area contributed by atoms with Gasteiger partial charge in [-0.2, -0.15) is 0 Å². The van der Waals surface area contributed by atoms with Crippen LogP contribution in [0.2, 0.25) is 0 Å². The van der Waals surface area contributed by atoms with Gasteiger partial charge < -0.3 is 14.4 Å². The first kappa shape index (κ1) is 22.4. The molecule has 3 aromatic rings. The highest BCUT2D eigenvalue weighted by atomic mass is 16.5. The maximum atomic E-state index is 11.3. The number of ether oxygens (including phenoxy) is 1. The highest BCUT2D eigenvalue weighted by Gasteiger charge is 2.24. The largest absolute Gasteiger partial charge is 0.491 e. The molecule has 0 aliphatic carbocycles. The number of carboxylic acid groups (broad SMARTS) is 1. The van der Waals surface area contributed by atoms with E-state index in [2.05, 4.69) is 53.8 Å². The summed E-state index contributed by atoms with van der Waals surface area (Å²) in [4.78, 5) is 13.8. The van der Waals surface area contributed by atoms with E-state index < -0.39 is 5.97 Å². The Kier molecular flexibility index (Phi) is 7.15. The molecule has 1 atom stereocenters. The lowest BCUT2D eigenvalue weighted by atomic mass is 9.89. The third kappa shape index (κ3) is 4.83. The van der Waals surface area contributed by atoms with Gasteiger partial charge in [0.05, 0.1) is 0 Å². The summed E-state index contributed by atoms with van der Waals surface area (Å²) in [6.07, 6.45) is 7.09. The molecular formula is C27H34N2O3. The van der Waals surface area contributed by atoms with Crippen molar-refractivity contribution >= 4 is 16.9 Å². The lowest BCUT2D eigenvalue weighted by Crippen LogP contribution is -2.35. The van der Waals surface area contributed by atoms with E-state index in [0.717, 1.165) is 32.5 Å². The number of fused-ring (bicyclic) bond motifs is 1. The Morgan fingerprint density at radius 2 is 1.84 bits per heavy atom. The molecule has 5 heteroatoms.